The van der Waals surface area contributed by atoms with E-state index >= 15 is 0 Å². The van der Waals surface area contributed by atoms with Crippen molar-refractivity contribution in [3.63, 3.8) is 0 Å². The first-order valence-corrected chi connectivity index (χ1v) is 16.7. The summed E-state index contributed by atoms with van der Waals surface area (Å²) in [4.78, 5) is 55.6. The molecule has 1 aliphatic carbocycles. The Balaban J connectivity index is 1.03. The van der Waals surface area contributed by atoms with Gasteiger partial charge in [0.15, 0.2) is 17.2 Å². The Hall–Kier alpha value is -5.79. The minimum Gasteiger partial charge on any atom is -0.357 e. The van der Waals surface area contributed by atoms with Gasteiger partial charge in [0.2, 0.25) is 5.91 Å². The van der Waals surface area contributed by atoms with Gasteiger partial charge in [0.1, 0.15) is 12.2 Å². The van der Waals surface area contributed by atoms with Crippen molar-refractivity contribution in [3.05, 3.63) is 101 Å². The third kappa shape index (κ3) is 7.28. The molecule has 1 fully saturated rings. The fourth-order valence-electron chi connectivity index (χ4n) is 5.98. The number of nitrogens with zero attached hydrogens (tertiary/aromatic N) is 5. The van der Waals surface area contributed by atoms with Crippen molar-refractivity contribution >= 4 is 45.9 Å². The highest BCUT2D eigenvalue weighted by atomic mass is 19.1. The molecule has 3 unspecified atom stereocenters. The molecule has 0 saturated heterocycles. The number of alkyl halides is 1. The van der Waals surface area contributed by atoms with E-state index in [0.717, 1.165) is 30.3 Å². The number of allylic oxidation sites excluding steroid dienone is 1. The molecule has 3 aromatic heterocycles. The van der Waals surface area contributed by atoms with E-state index in [9.17, 15) is 23.6 Å². The number of carbonyl (C=O) groups excluding carboxylic acids is 3. The fraction of sp³-hybridized carbons (Fsp3) is 0.333. The lowest BCUT2D eigenvalue weighted by atomic mass is 10.1. The van der Waals surface area contributed by atoms with Crippen LogP contribution in [-0.4, -0.2) is 67.3 Å². The monoisotopic (exact) mass is 681 g/mol. The topological polar surface area (TPSA) is 156 Å². The summed E-state index contributed by atoms with van der Waals surface area (Å²) in [7, 11) is 3.28. The molecule has 50 heavy (non-hydrogen) atoms. The van der Waals surface area contributed by atoms with Crippen LogP contribution in [0.5, 0.6) is 0 Å². The predicted molar refractivity (Wildman–Crippen MR) is 188 cm³/mol. The summed E-state index contributed by atoms with van der Waals surface area (Å²) < 4.78 is 17.8. The number of halogens is 1. The minimum absolute atomic E-state index is 0.201. The molecule has 2 aromatic carbocycles. The van der Waals surface area contributed by atoms with E-state index in [4.69, 9.17) is 0 Å². The van der Waals surface area contributed by atoms with E-state index in [1.807, 2.05) is 18.2 Å². The first kappa shape index (κ1) is 34.1. The van der Waals surface area contributed by atoms with Crippen LogP contribution in [0, 0.1) is 0 Å². The van der Waals surface area contributed by atoms with E-state index < -0.39 is 24.2 Å². The van der Waals surface area contributed by atoms with E-state index in [2.05, 4.69) is 37.9 Å². The van der Waals surface area contributed by atoms with Crippen molar-refractivity contribution in [3.8, 4) is 0 Å². The Kier molecular flexibility index (Phi) is 10.1. The molecule has 13 nitrogen and oxygen atoms in total. The molecule has 14 heteroatoms. The summed E-state index contributed by atoms with van der Waals surface area (Å²) in [5.41, 5.74) is 4.07. The van der Waals surface area contributed by atoms with E-state index in [1.54, 1.807) is 65.7 Å². The van der Waals surface area contributed by atoms with Crippen molar-refractivity contribution in [1.82, 2.24) is 39.7 Å². The van der Waals surface area contributed by atoms with Gasteiger partial charge in [-0.15, -0.1) is 11.7 Å². The Labute approximate surface area is 287 Å². The molecule has 3 atom stereocenters. The quantitative estimate of drug-likeness (QED) is 0.0963. The average Bonchev–Trinajstić information content (AvgIpc) is 3.54. The van der Waals surface area contributed by atoms with Crippen LogP contribution in [-0.2, 0) is 18.3 Å². The third-order valence-electron chi connectivity index (χ3n) is 8.86. The van der Waals surface area contributed by atoms with Crippen LogP contribution in [0.4, 0.5) is 15.9 Å². The van der Waals surface area contributed by atoms with E-state index in [1.165, 1.54) is 10.7 Å². The number of amides is 3. The number of aryl methyl sites for hydroxylation is 2. The molecule has 3 amide bonds. The van der Waals surface area contributed by atoms with Crippen molar-refractivity contribution in [2.75, 3.05) is 18.9 Å². The first-order chi connectivity index (χ1) is 24.2. The standard InChI is InChI=1S/C36H40FN9O4/c1-4-5-12-28(34(48)38-2)45-27-14-13-22(18-29(27)44(3)36(45)50)9-6-7-17-39-33(47)23-10-8-11-24(19-23)41-31-15-16-32-40-21-30(46(32)43-31)35(49)42-26-20-25(26)37/h4,8,10-11,13-16,18-19,21,25-26,28H,1,5-7,9,12,17,20H2,2-3H3,(H,38,48)(H,39,47)(H,41,43)(H,42,49). The molecule has 0 bridgehead atoms. The van der Waals surface area contributed by atoms with Crippen LogP contribution >= 0.6 is 0 Å². The molecular weight excluding hydrogens is 641 g/mol. The number of benzene rings is 2. The number of unbranched alkanes of at least 4 members (excludes halogenated alkanes) is 1. The van der Waals surface area contributed by atoms with Gasteiger partial charge < -0.3 is 21.3 Å². The molecule has 3 heterocycles. The predicted octanol–water partition coefficient (Wildman–Crippen LogP) is 3.97. The number of likely N-dealkylation sites (N-methyl/N-ethyl adjacent to an activating group) is 1. The Morgan fingerprint density at radius 3 is 2.66 bits per heavy atom. The number of hydrogen-bond acceptors (Lipinski definition) is 7. The van der Waals surface area contributed by atoms with Gasteiger partial charge in [-0.3, -0.25) is 23.5 Å². The lowest BCUT2D eigenvalue weighted by Gasteiger charge is -2.16. The van der Waals surface area contributed by atoms with Crippen LogP contribution in [0.3, 0.4) is 0 Å². The average molecular weight is 682 g/mol. The summed E-state index contributed by atoms with van der Waals surface area (Å²) in [6.07, 6.45) is 5.84. The van der Waals surface area contributed by atoms with E-state index in [0.29, 0.717) is 54.0 Å². The second-order valence-electron chi connectivity index (χ2n) is 12.4. The largest absolute Gasteiger partial charge is 0.357 e. The van der Waals surface area contributed by atoms with Gasteiger partial charge >= 0.3 is 5.69 Å². The second-order valence-corrected chi connectivity index (χ2v) is 12.4. The number of imidazole rings is 2. The number of aromatic nitrogens is 5. The normalized spacial score (nSPS) is 15.8. The molecule has 260 valence electrons. The van der Waals surface area contributed by atoms with Gasteiger partial charge in [-0.2, -0.15) is 0 Å². The highest BCUT2D eigenvalue weighted by Gasteiger charge is 2.39. The van der Waals surface area contributed by atoms with Gasteiger partial charge in [-0.1, -0.05) is 18.2 Å². The molecule has 6 rings (SSSR count). The van der Waals surface area contributed by atoms with Gasteiger partial charge in [-0.25, -0.2) is 18.7 Å². The Morgan fingerprint density at radius 1 is 1.08 bits per heavy atom. The van der Waals surface area contributed by atoms with Crippen molar-refractivity contribution < 1.29 is 18.8 Å². The summed E-state index contributed by atoms with van der Waals surface area (Å²) in [5, 5.41) is 15.9. The summed E-state index contributed by atoms with van der Waals surface area (Å²) in [6.45, 7) is 4.23. The van der Waals surface area contributed by atoms with Crippen LogP contribution in [0.15, 0.2) is 78.2 Å². The maximum absolute atomic E-state index is 13.3. The number of anilines is 2. The first-order valence-electron chi connectivity index (χ1n) is 16.7. The number of fused-ring (bicyclic) bond motifs is 2. The highest BCUT2D eigenvalue weighted by Crippen LogP contribution is 2.26. The molecule has 0 aliphatic heterocycles. The number of hydrogen-bond donors (Lipinski definition) is 4. The maximum Gasteiger partial charge on any atom is 0.329 e. The SMILES string of the molecule is C=CCCC(C(=O)NC)n1c(=O)n(C)c2cc(CCCCNC(=O)c3cccc(Nc4ccc5ncc(C(=O)NC6CC6F)n5n4)c3)ccc21. The molecular formula is C36H40FN9O4. The van der Waals surface area contributed by atoms with Gasteiger partial charge in [-0.05, 0) is 80.1 Å². The van der Waals surface area contributed by atoms with Crippen molar-refractivity contribution in [1.29, 1.82) is 0 Å². The number of nitrogens with one attached hydrogen (secondary N) is 4. The molecule has 0 spiro atoms. The molecule has 5 aromatic rings. The number of rotatable bonds is 15. The zero-order valence-corrected chi connectivity index (χ0v) is 28.0. The van der Waals surface area contributed by atoms with Crippen LogP contribution in [0.1, 0.15) is 64.6 Å². The Bertz CT molecular complexity index is 2130. The lowest BCUT2D eigenvalue weighted by Crippen LogP contribution is -2.35. The summed E-state index contributed by atoms with van der Waals surface area (Å²) >= 11 is 0. The van der Waals surface area contributed by atoms with Gasteiger partial charge in [0, 0.05) is 38.3 Å². The zero-order valence-electron chi connectivity index (χ0n) is 28.0. The number of carbonyl (C=O) groups is 3. The van der Waals surface area contributed by atoms with Crippen LogP contribution in [0.25, 0.3) is 16.7 Å². The summed E-state index contributed by atoms with van der Waals surface area (Å²) in [6, 6.07) is 15.2. The van der Waals surface area contributed by atoms with Crippen LogP contribution in [0.2, 0.25) is 0 Å². The summed E-state index contributed by atoms with van der Waals surface area (Å²) in [5.74, 6) is -0.437. The molecule has 1 aliphatic rings. The maximum atomic E-state index is 13.3. The van der Waals surface area contributed by atoms with Crippen molar-refractivity contribution in [2.45, 2.75) is 56.8 Å². The Morgan fingerprint density at radius 2 is 1.90 bits per heavy atom. The molecule has 1 saturated carbocycles. The minimum atomic E-state index is -1.02. The van der Waals surface area contributed by atoms with Gasteiger partial charge in [0.05, 0.1) is 23.3 Å². The molecule has 4 N–H and O–H groups in total. The van der Waals surface area contributed by atoms with Crippen LogP contribution < -0.4 is 27.0 Å². The van der Waals surface area contributed by atoms with E-state index in [-0.39, 0.29) is 23.2 Å². The van der Waals surface area contributed by atoms with Crippen molar-refractivity contribution in [2.24, 2.45) is 7.05 Å². The highest BCUT2D eigenvalue weighted by molar-refractivity contribution is 5.95. The van der Waals surface area contributed by atoms with Gasteiger partial charge in [0.25, 0.3) is 11.8 Å². The third-order valence-corrected chi connectivity index (χ3v) is 8.86. The second kappa shape index (κ2) is 14.8. The molecule has 0 radical (unpaired) electrons. The lowest BCUT2D eigenvalue weighted by molar-refractivity contribution is -0.124. The fourth-order valence-corrected chi connectivity index (χ4v) is 5.98. The smallest absolute Gasteiger partial charge is 0.329 e. The zero-order chi connectivity index (χ0) is 35.4.